The summed E-state index contributed by atoms with van der Waals surface area (Å²) < 4.78 is 7.04. The number of para-hydroxylation sites is 1. The minimum absolute atomic E-state index is 0.250. The number of aryl methyl sites for hydroxylation is 1. The summed E-state index contributed by atoms with van der Waals surface area (Å²) in [7, 11) is 1.54. The number of nitrogens with zero attached hydrogens (tertiary/aromatic N) is 2. The van der Waals surface area contributed by atoms with E-state index in [9.17, 15) is 4.79 Å². The predicted octanol–water partition coefficient (Wildman–Crippen LogP) is 4.40. The average Bonchev–Trinajstić information content (AvgIpc) is 3.00. The fourth-order valence-electron chi connectivity index (χ4n) is 2.58. The fourth-order valence-corrected chi connectivity index (χ4v) is 2.74. The molecule has 3 aromatic rings. The number of methoxy groups -OCH3 is 1. The van der Waals surface area contributed by atoms with Crippen LogP contribution in [-0.2, 0) is 0 Å². The van der Waals surface area contributed by atoms with Crippen LogP contribution < -0.4 is 10.1 Å². The van der Waals surface area contributed by atoms with Crippen molar-refractivity contribution in [2.24, 2.45) is 0 Å². The maximum Gasteiger partial charge on any atom is 0.259 e. The van der Waals surface area contributed by atoms with Crippen molar-refractivity contribution in [3.05, 3.63) is 70.5 Å². The van der Waals surface area contributed by atoms with Gasteiger partial charge in [-0.2, -0.15) is 5.10 Å². The van der Waals surface area contributed by atoms with Gasteiger partial charge in [-0.1, -0.05) is 29.8 Å². The van der Waals surface area contributed by atoms with Crippen molar-refractivity contribution in [2.45, 2.75) is 13.8 Å². The van der Waals surface area contributed by atoms with Crippen molar-refractivity contribution in [1.29, 1.82) is 0 Å². The molecule has 6 heteroatoms. The van der Waals surface area contributed by atoms with Crippen LogP contribution in [0.5, 0.6) is 5.75 Å². The lowest BCUT2D eigenvalue weighted by molar-refractivity contribution is 0.102. The summed E-state index contributed by atoms with van der Waals surface area (Å²) >= 11 is 6.11. The molecule has 0 saturated carbocycles. The summed E-state index contributed by atoms with van der Waals surface area (Å²) in [5.41, 5.74) is 3.58. The van der Waals surface area contributed by atoms with Gasteiger partial charge in [0, 0.05) is 11.1 Å². The normalized spacial score (nSPS) is 10.6. The molecule has 0 saturated heterocycles. The van der Waals surface area contributed by atoms with Crippen LogP contribution in [-0.4, -0.2) is 22.8 Å². The van der Waals surface area contributed by atoms with Crippen molar-refractivity contribution in [2.75, 3.05) is 12.4 Å². The largest absolute Gasteiger partial charge is 0.495 e. The summed E-state index contributed by atoms with van der Waals surface area (Å²) in [4.78, 5) is 12.7. The number of anilines is 1. The van der Waals surface area contributed by atoms with Crippen LogP contribution in [0.4, 0.5) is 5.69 Å². The number of nitrogens with one attached hydrogen (secondary N) is 1. The van der Waals surface area contributed by atoms with E-state index in [4.69, 9.17) is 16.3 Å². The van der Waals surface area contributed by atoms with Crippen molar-refractivity contribution < 1.29 is 9.53 Å². The van der Waals surface area contributed by atoms with Crippen LogP contribution in [0, 0.1) is 13.8 Å². The highest BCUT2D eigenvalue weighted by Gasteiger charge is 2.17. The van der Waals surface area contributed by atoms with Crippen molar-refractivity contribution >= 4 is 23.2 Å². The Morgan fingerprint density at radius 2 is 1.92 bits per heavy atom. The number of hydrogen-bond acceptors (Lipinski definition) is 3. The van der Waals surface area contributed by atoms with Gasteiger partial charge in [-0.3, -0.25) is 4.79 Å². The Hall–Kier alpha value is -2.79. The number of carbonyl (C=O) groups excluding carboxylic acids is 1. The quantitative estimate of drug-likeness (QED) is 0.754. The van der Waals surface area contributed by atoms with E-state index in [0.717, 1.165) is 16.9 Å². The second kappa shape index (κ2) is 6.99. The van der Waals surface area contributed by atoms with Crippen LogP contribution in [0.25, 0.3) is 5.69 Å². The molecule has 128 valence electrons. The maximum atomic E-state index is 12.7. The molecular weight excluding hydrogens is 338 g/mol. The molecule has 0 aliphatic rings. The minimum Gasteiger partial charge on any atom is -0.495 e. The van der Waals surface area contributed by atoms with Crippen molar-refractivity contribution in [3.8, 4) is 11.4 Å². The SMILES string of the molecule is COc1cc(Cl)c(C)cc1NC(=O)c1cnn(-c2ccccc2)c1C. The summed E-state index contributed by atoms with van der Waals surface area (Å²) in [6.07, 6.45) is 1.56. The number of hydrogen-bond donors (Lipinski definition) is 1. The monoisotopic (exact) mass is 355 g/mol. The van der Waals surface area contributed by atoms with Crippen LogP contribution in [0.2, 0.25) is 5.02 Å². The number of benzene rings is 2. The third-order valence-electron chi connectivity index (χ3n) is 3.98. The predicted molar refractivity (Wildman–Crippen MR) is 99.0 cm³/mol. The first-order valence-electron chi connectivity index (χ1n) is 7.76. The number of amides is 1. The van der Waals surface area contributed by atoms with E-state index in [1.54, 1.807) is 23.0 Å². The fraction of sp³-hybridized carbons (Fsp3) is 0.158. The molecule has 0 spiro atoms. The number of halogens is 1. The lowest BCUT2D eigenvalue weighted by atomic mass is 10.2. The summed E-state index contributed by atoms with van der Waals surface area (Å²) in [5.74, 6) is 0.261. The maximum absolute atomic E-state index is 12.7. The number of ether oxygens (including phenoxy) is 1. The van der Waals surface area contributed by atoms with Gasteiger partial charge in [0.2, 0.25) is 0 Å². The highest BCUT2D eigenvalue weighted by atomic mass is 35.5. The molecular formula is C19H18ClN3O2. The Labute approximate surface area is 151 Å². The molecule has 0 atom stereocenters. The third kappa shape index (κ3) is 3.37. The van der Waals surface area contributed by atoms with Gasteiger partial charge >= 0.3 is 0 Å². The molecule has 0 aliphatic carbocycles. The Morgan fingerprint density at radius 1 is 1.20 bits per heavy atom. The standard InChI is InChI=1S/C19H18ClN3O2/c1-12-9-17(18(25-3)10-16(12)20)22-19(24)15-11-21-23(13(15)2)14-7-5-4-6-8-14/h4-11H,1-3H3,(H,22,24). The van der Waals surface area contributed by atoms with E-state index in [2.05, 4.69) is 10.4 Å². The van der Waals surface area contributed by atoms with E-state index >= 15 is 0 Å². The Kier molecular flexibility index (Phi) is 4.76. The van der Waals surface area contributed by atoms with Crippen LogP contribution in [0.1, 0.15) is 21.6 Å². The van der Waals surface area contributed by atoms with Gasteiger partial charge in [0.1, 0.15) is 5.75 Å². The van der Waals surface area contributed by atoms with Gasteiger partial charge in [-0.15, -0.1) is 0 Å². The molecule has 0 aliphatic heterocycles. The second-order valence-corrected chi connectivity index (χ2v) is 6.05. The minimum atomic E-state index is -0.250. The second-order valence-electron chi connectivity index (χ2n) is 5.65. The molecule has 0 fully saturated rings. The third-order valence-corrected chi connectivity index (χ3v) is 4.39. The van der Waals surface area contributed by atoms with Crippen LogP contribution >= 0.6 is 11.6 Å². The molecule has 1 N–H and O–H groups in total. The first-order valence-corrected chi connectivity index (χ1v) is 8.14. The molecule has 5 nitrogen and oxygen atoms in total. The molecule has 3 rings (SSSR count). The van der Waals surface area contributed by atoms with E-state index in [0.29, 0.717) is 22.0 Å². The molecule has 0 unspecified atom stereocenters. The highest BCUT2D eigenvalue weighted by molar-refractivity contribution is 6.31. The van der Waals surface area contributed by atoms with Gasteiger partial charge in [-0.05, 0) is 37.6 Å². The van der Waals surface area contributed by atoms with Gasteiger partial charge < -0.3 is 10.1 Å². The lowest BCUT2D eigenvalue weighted by Crippen LogP contribution is -2.14. The van der Waals surface area contributed by atoms with E-state index in [1.807, 2.05) is 44.2 Å². The highest BCUT2D eigenvalue weighted by Crippen LogP contribution is 2.31. The first kappa shape index (κ1) is 17.0. The molecule has 1 amide bonds. The summed E-state index contributed by atoms with van der Waals surface area (Å²) in [6, 6.07) is 13.1. The average molecular weight is 356 g/mol. The number of rotatable bonds is 4. The van der Waals surface area contributed by atoms with E-state index in [-0.39, 0.29) is 5.91 Å². The lowest BCUT2D eigenvalue weighted by Gasteiger charge is -2.12. The van der Waals surface area contributed by atoms with E-state index in [1.165, 1.54) is 7.11 Å². The summed E-state index contributed by atoms with van der Waals surface area (Å²) in [5, 5.41) is 7.79. The summed E-state index contributed by atoms with van der Waals surface area (Å²) in [6.45, 7) is 3.73. The molecule has 0 radical (unpaired) electrons. The van der Waals surface area contributed by atoms with Crippen LogP contribution in [0.3, 0.4) is 0 Å². The molecule has 0 bridgehead atoms. The Bertz CT molecular complexity index is 920. The van der Waals surface area contributed by atoms with Crippen LogP contribution in [0.15, 0.2) is 48.7 Å². The van der Waals surface area contributed by atoms with Crippen molar-refractivity contribution in [3.63, 3.8) is 0 Å². The molecule has 1 heterocycles. The zero-order chi connectivity index (χ0) is 18.0. The number of aromatic nitrogens is 2. The molecule has 1 aromatic heterocycles. The molecule has 2 aromatic carbocycles. The first-order chi connectivity index (χ1) is 12.0. The van der Waals surface area contributed by atoms with Gasteiger partial charge in [0.15, 0.2) is 0 Å². The topological polar surface area (TPSA) is 56.1 Å². The van der Waals surface area contributed by atoms with E-state index < -0.39 is 0 Å². The smallest absolute Gasteiger partial charge is 0.259 e. The zero-order valence-electron chi connectivity index (χ0n) is 14.2. The number of carbonyl (C=O) groups is 1. The Balaban J connectivity index is 1.91. The van der Waals surface area contributed by atoms with Gasteiger partial charge in [-0.25, -0.2) is 4.68 Å². The van der Waals surface area contributed by atoms with Gasteiger partial charge in [0.25, 0.3) is 5.91 Å². The molecule has 25 heavy (non-hydrogen) atoms. The Morgan fingerprint density at radius 3 is 2.60 bits per heavy atom. The van der Waals surface area contributed by atoms with Gasteiger partial charge in [0.05, 0.1) is 35.9 Å². The van der Waals surface area contributed by atoms with Crippen molar-refractivity contribution in [1.82, 2.24) is 9.78 Å². The zero-order valence-corrected chi connectivity index (χ0v) is 15.0.